The van der Waals surface area contributed by atoms with Gasteiger partial charge in [-0.05, 0) is 87.7 Å². The summed E-state index contributed by atoms with van der Waals surface area (Å²) in [7, 11) is 4.21. The minimum absolute atomic E-state index is 0.156. The molecule has 6 heteroatoms. The van der Waals surface area contributed by atoms with Crippen molar-refractivity contribution < 1.29 is 4.79 Å². The Hall–Kier alpha value is -3.64. The number of pyridine rings is 1. The molecule has 2 aromatic heterocycles. The van der Waals surface area contributed by atoms with Gasteiger partial charge in [0.2, 0.25) is 0 Å². The Bertz CT molecular complexity index is 1150. The second-order valence-electron chi connectivity index (χ2n) is 7.84. The Morgan fingerprint density at radius 3 is 2.55 bits per heavy atom. The molecule has 0 radical (unpaired) electrons. The van der Waals surface area contributed by atoms with Crippen molar-refractivity contribution >= 4 is 33.9 Å². The molecule has 2 heterocycles. The highest BCUT2D eigenvalue weighted by Gasteiger charge is 2.07. The monoisotopic (exact) mass is 413 g/mol. The normalized spacial score (nSPS) is 11.1. The topological polar surface area (TPSA) is 62.2 Å². The van der Waals surface area contributed by atoms with E-state index in [9.17, 15) is 4.79 Å². The summed E-state index contributed by atoms with van der Waals surface area (Å²) in [4.78, 5) is 18.6. The fraction of sp³-hybridized carbons (Fsp3) is 0.200. The maximum atomic E-state index is 12.4. The molecule has 2 N–H and O–H groups in total. The number of aromatic nitrogens is 2. The molecule has 0 saturated carbocycles. The number of anilines is 3. The highest BCUT2D eigenvalue weighted by molar-refractivity contribution is 6.04. The number of carbonyl (C=O) groups excluding carboxylic acids is 1. The van der Waals surface area contributed by atoms with Crippen molar-refractivity contribution in [2.24, 2.45) is 0 Å². The Morgan fingerprint density at radius 1 is 1.00 bits per heavy atom. The summed E-state index contributed by atoms with van der Waals surface area (Å²) in [5, 5.41) is 7.48. The van der Waals surface area contributed by atoms with Gasteiger partial charge in [-0.1, -0.05) is 0 Å². The second kappa shape index (κ2) is 9.45. The van der Waals surface area contributed by atoms with Crippen molar-refractivity contribution in [1.82, 2.24) is 14.5 Å². The smallest absolute Gasteiger partial charge is 0.255 e. The molecule has 0 aliphatic carbocycles. The Balaban J connectivity index is 1.40. The molecule has 4 aromatic rings. The third-order valence-corrected chi connectivity index (χ3v) is 5.13. The van der Waals surface area contributed by atoms with E-state index in [2.05, 4.69) is 69.6 Å². The summed E-state index contributed by atoms with van der Waals surface area (Å²) < 4.78 is 2.30. The van der Waals surface area contributed by atoms with Gasteiger partial charge in [0.25, 0.3) is 5.91 Å². The zero-order chi connectivity index (χ0) is 21.6. The van der Waals surface area contributed by atoms with E-state index >= 15 is 0 Å². The van der Waals surface area contributed by atoms with Crippen LogP contribution in [0, 0.1) is 0 Å². The molecule has 0 bridgehead atoms. The molecule has 4 rings (SSSR count). The number of fused-ring (bicyclic) bond motifs is 1. The van der Waals surface area contributed by atoms with Gasteiger partial charge in [-0.2, -0.15) is 0 Å². The summed E-state index contributed by atoms with van der Waals surface area (Å²) in [6.07, 6.45) is 6.57. The summed E-state index contributed by atoms with van der Waals surface area (Å²) in [5.74, 6) is -0.156. The second-order valence-corrected chi connectivity index (χ2v) is 7.84. The van der Waals surface area contributed by atoms with E-state index in [0.717, 1.165) is 30.9 Å². The van der Waals surface area contributed by atoms with Crippen LogP contribution in [-0.2, 0) is 6.54 Å². The van der Waals surface area contributed by atoms with E-state index in [4.69, 9.17) is 0 Å². The van der Waals surface area contributed by atoms with Gasteiger partial charge in [-0.3, -0.25) is 9.78 Å². The van der Waals surface area contributed by atoms with Crippen molar-refractivity contribution in [3.63, 3.8) is 0 Å². The first-order valence-electron chi connectivity index (χ1n) is 10.4. The molecule has 0 unspecified atom stereocenters. The molecule has 0 atom stereocenters. The molecule has 0 fully saturated rings. The van der Waals surface area contributed by atoms with Crippen molar-refractivity contribution in [2.75, 3.05) is 31.3 Å². The fourth-order valence-electron chi connectivity index (χ4n) is 3.54. The van der Waals surface area contributed by atoms with Crippen molar-refractivity contribution in [2.45, 2.75) is 13.0 Å². The molecule has 6 nitrogen and oxygen atoms in total. The van der Waals surface area contributed by atoms with Gasteiger partial charge in [0.1, 0.15) is 0 Å². The van der Waals surface area contributed by atoms with Gasteiger partial charge in [0.05, 0.1) is 11.9 Å². The van der Waals surface area contributed by atoms with Gasteiger partial charge in [0, 0.05) is 46.8 Å². The molecule has 0 saturated heterocycles. The van der Waals surface area contributed by atoms with E-state index < -0.39 is 0 Å². The molecule has 2 aromatic carbocycles. The van der Waals surface area contributed by atoms with Crippen molar-refractivity contribution in [3.05, 3.63) is 84.8 Å². The lowest BCUT2D eigenvalue weighted by molar-refractivity contribution is 0.102. The first-order valence-corrected chi connectivity index (χ1v) is 10.4. The minimum atomic E-state index is -0.156. The van der Waals surface area contributed by atoms with Crippen LogP contribution in [0.4, 0.5) is 17.1 Å². The molecular weight excluding hydrogens is 386 g/mol. The summed E-state index contributed by atoms with van der Waals surface area (Å²) in [6, 6.07) is 19.6. The van der Waals surface area contributed by atoms with Crippen molar-refractivity contribution in [3.8, 4) is 0 Å². The van der Waals surface area contributed by atoms with Crippen molar-refractivity contribution in [1.29, 1.82) is 0 Å². The number of rotatable bonds is 8. The SMILES string of the molecule is CN(C)CCCn1ccc2cc(Nc3ccc(C(=O)Nc4cccnc4)cc3)ccc21. The lowest BCUT2D eigenvalue weighted by atomic mass is 10.1. The van der Waals surface area contributed by atoms with Crippen LogP contribution in [0.5, 0.6) is 0 Å². The number of hydrogen-bond donors (Lipinski definition) is 2. The van der Waals surface area contributed by atoms with E-state index in [1.54, 1.807) is 18.5 Å². The molecular formula is C25H27N5O. The van der Waals surface area contributed by atoms with Crippen LogP contribution in [0.15, 0.2) is 79.3 Å². The molecule has 31 heavy (non-hydrogen) atoms. The first-order chi connectivity index (χ1) is 15.1. The molecule has 0 spiro atoms. The fourth-order valence-corrected chi connectivity index (χ4v) is 3.54. The standard InChI is InChI=1S/C25H27N5O/c1-29(2)14-4-15-30-16-12-20-17-22(10-11-24(20)30)27-21-8-6-19(7-9-21)25(31)28-23-5-3-13-26-18-23/h3,5-13,16-18,27H,4,14-15H2,1-2H3,(H,28,31). The first kappa shape index (κ1) is 20.6. The number of hydrogen-bond acceptors (Lipinski definition) is 4. The number of amides is 1. The number of aryl methyl sites for hydroxylation is 1. The predicted octanol–water partition coefficient (Wildman–Crippen LogP) is 4.98. The minimum Gasteiger partial charge on any atom is -0.356 e. The molecule has 0 aliphatic rings. The number of benzene rings is 2. The lowest BCUT2D eigenvalue weighted by Crippen LogP contribution is -2.14. The van der Waals surface area contributed by atoms with E-state index in [1.165, 1.54) is 10.9 Å². The summed E-state index contributed by atoms with van der Waals surface area (Å²) in [5.41, 5.74) is 4.47. The quantitative estimate of drug-likeness (QED) is 0.427. The highest BCUT2D eigenvalue weighted by atomic mass is 16.1. The maximum Gasteiger partial charge on any atom is 0.255 e. The zero-order valence-corrected chi connectivity index (χ0v) is 17.9. The van der Waals surface area contributed by atoms with Crippen LogP contribution in [0.25, 0.3) is 10.9 Å². The zero-order valence-electron chi connectivity index (χ0n) is 17.9. The number of nitrogens with zero attached hydrogens (tertiary/aromatic N) is 3. The average Bonchev–Trinajstić information content (AvgIpc) is 3.17. The number of carbonyl (C=O) groups is 1. The lowest BCUT2D eigenvalue weighted by Gasteiger charge is -2.11. The predicted molar refractivity (Wildman–Crippen MR) is 127 cm³/mol. The largest absolute Gasteiger partial charge is 0.356 e. The van der Waals surface area contributed by atoms with Gasteiger partial charge in [-0.25, -0.2) is 0 Å². The van der Waals surface area contributed by atoms with Crippen LogP contribution in [0.1, 0.15) is 16.8 Å². The Morgan fingerprint density at radius 2 is 1.81 bits per heavy atom. The van der Waals surface area contributed by atoms with Gasteiger partial charge >= 0.3 is 0 Å². The third kappa shape index (κ3) is 5.29. The van der Waals surface area contributed by atoms with Crippen LogP contribution in [-0.4, -0.2) is 41.0 Å². The highest BCUT2D eigenvalue weighted by Crippen LogP contribution is 2.24. The van der Waals surface area contributed by atoms with Crippen LogP contribution >= 0.6 is 0 Å². The maximum absolute atomic E-state index is 12.4. The van der Waals surface area contributed by atoms with Crippen LogP contribution in [0.3, 0.4) is 0 Å². The molecule has 1 amide bonds. The molecule has 0 aliphatic heterocycles. The van der Waals surface area contributed by atoms with Gasteiger partial charge < -0.3 is 20.1 Å². The third-order valence-electron chi connectivity index (χ3n) is 5.13. The molecule has 158 valence electrons. The van der Waals surface area contributed by atoms with Crippen LogP contribution in [0.2, 0.25) is 0 Å². The van der Waals surface area contributed by atoms with E-state index in [1.807, 2.05) is 30.3 Å². The van der Waals surface area contributed by atoms with E-state index in [-0.39, 0.29) is 5.91 Å². The Kier molecular flexibility index (Phi) is 6.29. The van der Waals surface area contributed by atoms with Crippen LogP contribution < -0.4 is 10.6 Å². The van der Waals surface area contributed by atoms with E-state index in [0.29, 0.717) is 11.3 Å². The summed E-state index contributed by atoms with van der Waals surface area (Å²) >= 11 is 0. The summed E-state index contributed by atoms with van der Waals surface area (Å²) in [6.45, 7) is 2.09. The average molecular weight is 414 g/mol. The number of nitrogens with one attached hydrogen (secondary N) is 2. The van der Waals surface area contributed by atoms with Gasteiger partial charge in [0.15, 0.2) is 0 Å². The Labute approximate surface area is 182 Å². The van der Waals surface area contributed by atoms with Gasteiger partial charge in [-0.15, -0.1) is 0 Å².